The first-order valence-corrected chi connectivity index (χ1v) is 12.0. The second-order valence-electron chi connectivity index (χ2n) is 7.77. The van der Waals surface area contributed by atoms with Crippen LogP contribution in [0.3, 0.4) is 0 Å². The lowest BCUT2D eigenvalue weighted by molar-refractivity contribution is -0.112. The molecule has 35 heavy (non-hydrogen) atoms. The Bertz CT molecular complexity index is 1250. The molecular weight excluding hydrogens is 488 g/mol. The van der Waals surface area contributed by atoms with Crippen LogP contribution < -0.4 is 19.5 Å². The highest BCUT2D eigenvalue weighted by atomic mass is 35.5. The van der Waals surface area contributed by atoms with E-state index >= 15 is 0 Å². The third-order valence-electron chi connectivity index (χ3n) is 4.70. The molecule has 10 heteroatoms. The summed E-state index contributed by atoms with van der Waals surface area (Å²) in [5.74, 6) is 1.05. The number of halogens is 1. The van der Waals surface area contributed by atoms with Crippen molar-refractivity contribution in [2.24, 2.45) is 0 Å². The number of anilines is 1. The number of carbonyl (C=O) groups excluding carboxylic acids is 1. The van der Waals surface area contributed by atoms with Crippen LogP contribution in [0.4, 0.5) is 5.13 Å². The molecule has 3 rings (SSSR count). The quantitative estimate of drug-likeness (QED) is 0.213. The summed E-state index contributed by atoms with van der Waals surface area (Å²) in [6.45, 7) is 6.52. The predicted octanol–water partition coefficient (Wildman–Crippen LogP) is 5.64. The summed E-state index contributed by atoms with van der Waals surface area (Å²) in [7, 11) is 1.48. The van der Waals surface area contributed by atoms with Crippen LogP contribution in [0, 0.1) is 18.3 Å². The number of nitriles is 1. The Morgan fingerprint density at radius 3 is 2.54 bits per heavy atom. The van der Waals surface area contributed by atoms with Gasteiger partial charge in [0.05, 0.1) is 12.1 Å². The Balaban J connectivity index is 1.68. The molecule has 2 aromatic carbocycles. The molecule has 1 amide bonds. The molecule has 0 aliphatic heterocycles. The van der Waals surface area contributed by atoms with Crippen molar-refractivity contribution in [3.8, 4) is 23.3 Å². The van der Waals surface area contributed by atoms with E-state index < -0.39 is 5.91 Å². The van der Waals surface area contributed by atoms with Gasteiger partial charge >= 0.3 is 0 Å². The summed E-state index contributed by atoms with van der Waals surface area (Å²) in [6.07, 6.45) is 1.42. The second kappa shape index (κ2) is 12.2. The summed E-state index contributed by atoms with van der Waals surface area (Å²) in [4.78, 5) is 12.6. The minimum absolute atomic E-state index is 0.121. The Labute approximate surface area is 213 Å². The van der Waals surface area contributed by atoms with Gasteiger partial charge in [-0.15, -0.1) is 10.2 Å². The fraction of sp³-hybridized carbons (Fsp3) is 0.280. The molecule has 0 aliphatic carbocycles. The molecule has 0 aliphatic rings. The van der Waals surface area contributed by atoms with Crippen LogP contribution in [0.5, 0.6) is 17.2 Å². The van der Waals surface area contributed by atoms with Crippen molar-refractivity contribution >= 4 is 40.1 Å². The number of carbonyl (C=O) groups is 1. The molecule has 8 nitrogen and oxygen atoms in total. The standard InChI is InChI=1S/C25H25ClN4O4S/c1-15(2)24-29-30-25(35-24)28-23(31)18(14-27)11-17-12-20(26)22(21(13-17)32-4)34-10-9-33-19-7-5-16(3)6-8-19/h5-8,11-13,15H,9-10H2,1-4H3,(H,28,30,31)/b18-11-. The summed E-state index contributed by atoms with van der Waals surface area (Å²) in [5, 5.41) is 21.5. The molecule has 182 valence electrons. The molecule has 1 N–H and O–H groups in total. The first-order valence-electron chi connectivity index (χ1n) is 10.8. The van der Waals surface area contributed by atoms with Crippen LogP contribution in [-0.2, 0) is 4.79 Å². The van der Waals surface area contributed by atoms with E-state index in [1.165, 1.54) is 24.5 Å². The van der Waals surface area contributed by atoms with E-state index in [1.54, 1.807) is 12.1 Å². The molecule has 0 atom stereocenters. The van der Waals surface area contributed by atoms with Crippen LogP contribution >= 0.6 is 22.9 Å². The van der Waals surface area contributed by atoms with E-state index in [0.29, 0.717) is 28.8 Å². The SMILES string of the molecule is COc1cc(/C=C(/C#N)C(=O)Nc2nnc(C(C)C)s2)cc(Cl)c1OCCOc1ccc(C)cc1. The number of hydrogen-bond acceptors (Lipinski definition) is 8. The molecule has 0 spiro atoms. The highest BCUT2D eigenvalue weighted by Crippen LogP contribution is 2.37. The van der Waals surface area contributed by atoms with Crippen molar-refractivity contribution in [1.29, 1.82) is 5.26 Å². The van der Waals surface area contributed by atoms with Crippen molar-refractivity contribution in [2.45, 2.75) is 26.7 Å². The predicted molar refractivity (Wildman–Crippen MR) is 136 cm³/mol. The molecule has 3 aromatic rings. The van der Waals surface area contributed by atoms with Crippen molar-refractivity contribution in [2.75, 3.05) is 25.6 Å². The molecule has 0 fully saturated rings. The Morgan fingerprint density at radius 1 is 1.20 bits per heavy atom. The topological polar surface area (TPSA) is 106 Å². The number of ether oxygens (including phenoxy) is 3. The summed E-state index contributed by atoms with van der Waals surface area (Å²) in [5.41, 5.74) is 1.53. The Kier molecular flexibility index (Phi) is 9.06. The minimum atomic E-state index is -0.595. The molecular formula is C25H25ClN4O4S. The van der Waals surface area contributed by atoms with Gasteiger partial charge in [-0.2, -0.15) is 5.26 Å². The van der Waals surface area contributed by atoms with E-state index in [1.807, 2.05) is 51.1 Å². The largest absolute Gasteiger partial charge is 0.493 e. The van der Waals surface area contributed by atoms with Crippen molar-refractivity contribution in [3.63, 3.8) is 0 Å². The van der Waals surface area contributed by atoms with Gasteiger partial charge in [-0.05, 0) is 42.8 Å². The first kappa shape index (κ1) is 26.0. The third-order valence-corrected chi connectivity index (χ3v) is 6.12. The Hall–Kier alpha value is -3.61. The number of nitrogens with one attached hydrogen (secondary N) is 1. The summed E-state index contributed by atoms with van der Waals surface area (Å²) < 4.78 is 16.9. The molecule has 0 radical (unpaired) electrons. The van der Waals surface area contributed by atoms with Crippen LogP contribution in [0.25, 0.3) is 6.08 Å². The number of nitrogens with zero attached hydrogens (tertiary/aromatic N) is 3. The number of hydrogen-bond donors (Lipinski definition) is 1. The average Bonchev–Trinajstić information content (AvgIpc) is 3.30. The van der Waals surface area contributed by atoms with Gasteiger partial charge in [0.1, 0.15) is 35.6 Å². The van der Waals surface area contributed by atoms with Crippen LogP contribution in [0.2, 0.25) is 5.02 Å². The van der Waals surface area contributed by atoms with Crippen LogP contribution in [0.1, 0.15) is 35.9 Å². The fourth-order valence-corrected chi connectivity index (χ4v) is 3.91. The highest BCUT2D eigenvalue weighted by Gasteiger charge is 2.16. The van der Waals surface area contributed by atoms with Gasteiger partial charge in [0.15, 0.2) is 11.5 Å². The van der Waals surface area contributed by atoms with E-state index in [4.69, 9.17) is 25.8 Å². The van der Waals surface area contributed by atoms with Gasteiger partial charge in [0.25, 0.3) is 5.91 Å². The number of rotatable bonds is 10. The lowest BCUT2D eigenvalue weighted by Crippen LogP contribution is -2.13. The monoisotopic (exact) mass is 512 g/mol. The number of methoxy groups -OCH3 is 1. The second-order valence-corrected chi connectivity index (χ2v) is 9.18. The van der Waals surface area contributed by atoms with Gasteiger partial charge in [0.2, 0.25) is 5.13 Å². The zero-order chi connectivity index (χ0) is 25.4. The molecule has 0 bridgehead atoms. The molecule has 1 heterocycles. The molecule has 0 saturated carbocycles. The molecule has 0 unspecified atom stereocenters. The lowest BCUT2D eigenvalue weighted by Gasteiger charge is -2.14. The molecule has 0 saturated heterocycles. The van der Waals surface area contributed by atoms with E-state index in [9.17, 15) is 10.1 Å². The fourth-order valence-electron chi connectivity index (χ4n) is 2.90. The van der Waals surface area contributed by atoms with Crippen molar-refractivity contribution < 1.29 is 19.0 Å². The lowest BCUT2D eigenvalue weighted by atomic mass is 10.1. The number of aromatic nitrogens is 2. The van der Waals surface area contributed by atoms with Gasteiger partial charge in [-0.1, -0.05) is 54.5 Å². The number of amides is 1. The maximum absolute atomic E-state index is 12.6. The Morgan fingerprint density at radius 2 is 1.91 bits per heavy atom. The van der Waals surface area contributed by atoms with Gasteiger partial charge in [-0.3, -0.25) is 10.1 Å². The number of aryl methyl sites for hydroxylation is 1. The zero-order valence-corrected chi connectivity index (χ0v) is 21.4. The minimum Gasteiger partial charge on any atom is -0.493 e. The van der Waals surface area contributed by atoms with Crippen molar-refractivity contribution in [1.82, 2.24) is 10.2 Å². The third kappa shape index (κ3) is 7.18. The summed E-state index contributed by atoms with van der Waals surface area (Å²) in [6, 6.07) is 12.8. The van der Waals surface area contributed by atoms with Gasteiger partial charge in [-0.25, -0.2) is 0 Å². The van der Waals surface area contributed by atoms with Gasteiger partial charge in [0, 0.05) is 5.92 Å². The summed E-state index contributed by atoms with van der Waals surface area (Å²) >= 11 is 7.68. The van der Waals surface area contributed by atoms with E-state index in [2.05, 4.69) is 15.5 Å². The first-order chi connectivity index (χ1) is 16.8. The van der Waals surface area contributed by atoms with E-state index in [-0.39, 0.29) is 23.1 Å². The van der Waals surface area contributed by atoms with Crippen molar-refractivity contribution in [3.05, 3.63) is 63.1 Å². The average molecular weight is 513 g/mol. The van der Waals surface area contributed by atoms with Crippen LogP contribution in [-0.4, -0.2) is 36.4 Å². The van der Waals surface area contributed by atoms with Crippen LogP contribution in [0.15, 0.2) is 42.0 Å². The molecule has 1 aromatic heterocycles. The smallest absolute Gasteiger partial charge is 0.268 e. The normalized spacial score (nSPS) is 11.2. The van der Waals surface area contributed by atoms with E-state index in [0.717, 1.165) is 16.3 Å². The highest BCUT2D eigenvalue weighted by molar-refractivity contribution is 7.15. The number of benzene rings is 2. The maximum Gasteiger partial charge on any atom is 0.268 e. The zero-order valence-electron chi connectivity index (χ0n) is 19.8. The van der Waals surface area contributed by atoms with Gasteiger partial charge < -0.3 is 14.2 Å². The maximum atomic E-state index is 12.6.